The minimum atomic E-state index is 0.441. The lowest BCUT2D eigenvalue weighted by Crippen LogP contribution is -1.82. The van der Waals surface area contributed by atoms with Crippen LogP contribution >= 0.6 is 45.3 Å². The predicted molar refractivity (Wildman–Crippen MR) is 114 cm³/mol. The van der Waals surface area contributed by atoms with Gasteiger partial charge in [0.25, 0.3) is 0 Å². The summed E-state index contributed by atoms with van der Waals surface area (Å²) in [6.07, 6.45) is 1.88. The molecule has 0 unspecified atom stereocenters. The van der Waals surface area contributed by atoms with Gasteiger partial charge < -0.3 is 0 Å². The molecule has 0 amide bonds. The maximum absolute atomic E-state index is 9.61. The molecule has 0 saturated heterocycles. The number of thiophene rings is 4. The monoisotopic (exact) mass is 406 g/mol. The molecule has 0 N–H and O–H groups in total. The van der Waals surface area contributed by atoms with Gasteiger partial charge in [0.15, 0.2) is 0 Å². The molecule has 0 bridgehead atoms. The molecule has 4 aromatic rings. The van der Waals surface area contributed by atoms with Crippen molar-refractivity contribution >= 4 is 51.4 Å². The SMILES string of the molecule is C=Cc1sc(-c2scc(C#N)c2C#N)c(-c2cccs2)c1-c1cccs1. The van der Waals surface area contributed by atoms with Crippen LogP contribution in [0.5, 0.6) is 0 Å². The molecule has 2 nitrogen and oxygen atoms in total. The lowest BCUT2D eigenvalue weighted by Gasteiger charge is -2.05. The van der Waals surface area contributed by atoms with Gasteiger partial charge in [0, 0.05) is 31.1 Å². The average molecular weight is 407 g/mol. The van der Waals surface area contributed by atoms with Crippen LogP contribution in [-0.4, -0.2) is 0 Å². The van der Waals surface area contributed by atoms with E-state index < -0.39 is 0 Å². The highest BCUT2D eigenvalue weighted by Crippen LogP contribution is 2.52. The number of hydrogen-bond acceptors (Lipinski definition) is 6. The van der Waals surface area contributed by atoms with E-state index in [1.807, 2.05) is 18.2 Å². The first kappa shape index (κ1) is 17.0. The van der Waals surface area contributed by atoms with Gasteiger partial charge in [-0.2, -0.15) is 10.5 Å². The van der Waals surface area contributed by atoms with E-state index in [1.54, 1.807) is 39.4 Å². The molecule has 0 saturated carbocycles. The molecule has 4 rings (SSSR count). The van der Waals surface area contributed by atoms with E-state index >= 15 is 0 Å². The van der Waals surface area contributed by atoms with Crippen molar-refractivity contribution in [1.82, 2.24) is 0 Å². The first-order valence-electron chi connectivity index (χ1n) is 7.57. The molecule has 0 radical (unpaired) electrons. The smallest absolute Gasteiger partial charge is 0.102 e. The summed E-state index contributed by atoms with van der Waals surface area (Å²) in [5.74, 6) is 0. The summed E-state index contributed by atoms with van der Waals surface area (Å²) in [5, 5.41) is 24.8. The Morgan fingerprint density at radius 3 is 2.12 bits per heavy atom. The first-order valence-corrected chi connectivity index (χ1v) is 11.0. The van der Waals surface area contributed by atoms with E-state index in [0.717, 1.165) is 30.6 Å². The second kappa shape index (κ2) is 7.03. The van der Waals surface area contributed by atoms with Gasteiger partial charge in [0.2, 0.25) is 0 Å². The van der Waals surface area contributed by atoms with Crippen molar-refractivity contribution in [2.45, 2.75) is 0 Å². The van der Waals surface area contributed by atoms with Crippen LogP contribution in [0.25, 0.3) is 36.7 Å². The summed E-state index contributed by atoms with van der Waals surface area (Å²) in [6, 6.07) is 12.6. The standard InChI is InChI=1S/C20H10N2S4/c1-2-14-17(15-5-3-7-23-15)18(16-6-4-8-24-16)20(26-14)19-13(10-22)12(9-21)11-25-19/h2-8,11H,1H2. The quantitative estimate of drug-likeness (QED) is 0.356. The summed E-state index contributed by atoms with van der Waals surface area (Å²) in [4.78, 5) is 5.32. The van der Waals surface area contributed by atoms with Gasteiger partial charge in [-0.15, -0.1) is 45.3 Å². The van der Waals surface area contributed by atoms with Crippen LogP contribution in [0, 0.1) is 22.7 Å². The molecule has 0 aliphatic carbocycles. The van der Waals surface area contributed by atoms with Crippen molar-refractivity contribution < 1.29 is 0 Å². The Balaban J connectivity index is 2.09. The zero-order valence-electron chi connectivity index (χ0n) is 13.4. The van der Waals surface area contributed by atoms with Crippen molar-refractivity contribution in [3.8, 4) is 42.8 Å². The fraction of sp³-hybridized carbons (Fsp3) is 0. The Kier molecular flexibility index (Phi) is 4.58. The number of hydrogen-bond donors (Lipinski definition) is 0. The van der Waals surface area contributed by atoms with Crippen molar-refractivity contribution in [3.05, 3.63) is 63.0 Å². The summed E-state index contributed by atoms with van der Waals surface area (Å²) >= 11 is 6.47. The van der Waals surface area contributed by atoms with Crippen LogP contribution in [0.1, 0.15) is 16.0 Å². The Labute approximate surface area is 167 Å². The van der Waals surface area contributed by atoms with Crippen LogP contribution in [-0.2, 0) is 0 Å². The van der Waals surface area contributed by atoms with E-state index in [2.05, 4.69) is 41.6 Å². The van der Waals surface area contributed by atoms with E-state index in [1.165, 1.54) is 16.2 Å². The summed E-state index contributed by atoms with van der Waals surface area (Å²) in [7, 11) is 0. The van der Waals surface area contributed by atoms with Crippen molar-refractivity contribution in [3.63, 3.8) is 0 Å². The lowest BCUT2D eigenvalue weighted by atomic mass is 10.0. The number of rotatable bonds is 4. The molecule has 0 aromatic carbocycles. The molecule has 0 aliphatic heterocycles. The number of nitrogens with zero attached hydrogens (tertiary/aromatic N) is 2. The average Bonchev–Trinajstić information content (AvgIpc) is 3.45. The van der Waals surface area contributed by atoms with Crippen molar-refractivity contribution in [2.24, 2.45) is 0 Å². The number of nitriles is 2. The van der Waals surface area contributed by atoms with Gasteiger partial charge in [-0.05, 0) is 22.9 Å². The summed E-state index contributed by atoms with van der Waals surface area (Å²) < 4.78 is 0. The van der Waals surface area contributed by atoms with Gasteiger partial charge in [0.05, 0.1) is 20.9 Å². The minimum Gasteiger partial charge on any atom is -0.192 e. The molecule has 0 spiro atoms. The fourth-order valence-corrected chi connectivity index (χ4v) is 6.78. The molecule has 4 aromatic heterocycles. The molecule has 26 heavy (non-hydrogen) atoms. The highest BCUT2D eigenvalue weighted by molar-refractivity contribution is 7.24. The zero-order chi connectivity index (χ0) is 18.1. The highest BCUT2D eigenvalue weighted by Gasteiger charge is 2.25. The minimum absolute atomic E-state index is 0.441. The van der Waals surface area contributed by atoms with E-state index in [4.69, 9.17) is 0 Å². The maximum Gasteiger partial charge on any atom is 0.102 e. The fourth-order valence-electron chi connectivity index (χ4n) is 2.79. The Morgan fingerprint density at radius 1 is 0.885 bits per heavy atom. The third-order valence-corrected chi connectivity index (χ3v) is 7.99. The van der Waals surface area contributed by atoms with Crippen LogP contribution < -0.4 is 0 Å². The predicted octanol–water partition coefficient (Wildman–Crippen LogP) is 7.32. The third-order valence-electron chi connectivity index (χ3n) is 3.89. The molecule has 6 heteroatoms. The lowest BCUT2D eigenvalue weighted by molar-refractivity contribution is 1.47. The highest BCUT2D eigenvalue weighted by atomic mass is 32.1. The second-order valence-electron chi connectivity index (χ2n) is 5.28. The van der Waals surface area contributed by atoms with Gasteiger partial charge in [-0.1, -0.05) is 24.8 Å². The zero-order valence-corrected chi connectivity index (χ0v) is 16.6. The third kappa shape index (κ3) is 2.65. The molecule has 0 aliphatic rings. The first-order chi connectivity index (χ1) is 12.8. The molecule has 4 heterocycles. The Hall–Kier alpha value is -2.48. The van der Waals surface area contributed by atoms with Crippen LogP contribution in [0.3, 0.4) is 0 Å². The Morgan fingerprint density at radius 2 is 1.58 bits per heavy atom. The van der Waals surface area contributed by atoms with Gasteiger partial charge in [0.1, 0.15) is 12.1 Å². The Bertz CT molecular complexity index is 1160. The maximum atomic E-state index is 9.61. The van der Waals surface area contributed by atoms with Gasteiger partial charge in [-0.3, -0.25) is 0 Å². The molecular weight excluding hydrogens is 397 g/mol. The van der Waals surface area contributed by atoms with Crippen LogP contribution in [0.15, 0.2) is 47.0 Å². The molecule has 124 valence electrons. The van der Waals surface area contributed by atoms with Crippen LogP contribution in [0.2, 0.25) is 0 Å². The van der Waals surface area contributed by atoms with E-state index in [-0.39, 0.29) is 0 Å². The molecule has 0 fully saturated rings. The van der Waals surface area contributed by atoms with Crippen molar-refractivity contribution in [2.75, 3.05) is 0 Å². The van der Waals surface area contributed by atoms with Gasteiger partial charge >= 0.3 is 0 Å². The van der Waals surface area contributed by atoms with Gasteiger partial charge in [-0.25, -0.2) is 0 Å². The summed E-state index contributed by atoms with van der Waals surface area (Å²) in [6.45, 7) is 4.00. The topological polar surface area (TPSA) is 47.6 Å². The second-order valence-corrected chi connectivity index (χ2v) is 9.11. The normalized spacial score (nSPS) is 10.4. The van der Waals surface area contributed by atoms with E-state index in [0.29, 0.717) is 11.1 Å². The van der Waals surface area contributed by atoms with Crippen LogP contribution in [0.4, 0.5) is 0 Å². The largest absolute Gasteiger partial charge is 0.192 e. The van der Waals surface area contributed by atoms with E-state index in [9.17, 15) is 10.5 Å². The molecular formula is C20H10N2S4. The summed E-state index contributed by atoms with van der Waals surface area (Å²) in [5.41, 5.74) is 3.19. The molecule has 0 atom stereocenters. The van der Waals surface area contributed by atoms with Crippen molar-refractivity contribution in [1.29, 1.82) is 10.5 Å².